The number of amides is 1. The molecule has 0 bridgehead atoms. The third-order valence-electron chi connectivity index (χ3n) is 5.13. The lowest BCUT2D eigenvalue weighted by molar-refractivity contribution is -0.142. The van der Waals surface area contributed by atoms with Crippen LogP contribution in [0.15, 0.2) is 36.4 Å². The topological polar surface area (TPSA) is 76.1 Å². The number of benzene rings is 1. The average molecular weight is 436 g/mol. The van der Waals surface area contributed by atoms with Crippen LogP contribution in [0.5, 0.6) is 0 Å². The van der Waals surface area contributed by atoms with E-state index < -0.39 is 12.1 Å². The first-order valence-electron chi connectivity index (χ1n) is 10.0. The molecule has 162 valence electrons. The van der Waals surface area contributed by atoms with Crippen molar-refractivity contribution in [3.8, 4) is 0 Å². The minimum Gasteiger partial charge on any atom is -0.480 e. The predicted octanol–water partition coefficient (Wildman–Crippen LogP) is 5.38. The Morgan fingerprint density at radius 3 is 2.47 bits per heavy atom. The van der Waals surface area contributed by atoms with Crippen molar-refractivity contribution in [2.75, 3.05) is 24.7 Å². The van der Waals surface area contributed by atoms with E-state index in [2.05, 4.69) is 0 Å². The molecule has 0 radical (unpaired) electrons. The number of carbonyl (C=O) groups is 2. The number of carbonyl (C=O) groups excluding carboxylic acids is 1. The number of carboxylic acids is 1. The zero-order valence-corrected chi connectivity index (χ0v) is 17.7. The molecule has 0 aliphatic heterocycles. The van der Waals surface area contributed by atoms with Crippen molar-refractivity contribution in [3.63, 3.8) is 0 Å². The van der Waals surface area contributed by atoms with Crippen molar-refractivity contribution >= 4 is 34.1 Å². The Labute approximate surface area is 179 Å². The van der Waals surface area contributed by atoms with Crippen LogP contribution in [0.4, 0.5) is 19.9 Å². The first-order chi connectivity index (χ1) is 14.4. The van der Waals surface area contributed by atoms with Crippen molar-refractivity contribution in [2.24, 2.45) is 11.8 Å². The lowest BCUT2D eigenvalue weighted by atomic mass is 9.82. The summed E-state index contributed by atoms with van der Waals surface area (Å²) in [5.74, 6) is -0.856. The molecule has 2 unspecified atom stereocenters. The summed E-state index contributed by atoms with van der Waals surface area (Å²) >= 11 is 1.46. The van der Waals surface area contributed by atoms with Crippen molar-refractivity contribution in [2.45, 2.75) is 32.6 Å². The normalized spacial score (nSPS) is 18.7. The van der Waals surface area contributed by atoms with Gasteiger partial charge in [0.1, 0.15) is 17.4 Å². The van der Waals surface area contributed by atoms with Gasteiger partial charge in [0.25, 0.3) is 0 Å². The van der Waals surface area contributed by atoms with Gasteiger partial charge in [-0.3, -0.25) is 0 Å². The van der Waals surface area contributed by atoms with Crippen LogP contribution >= 0.6 is 11.3 Å². The van der Waals surface area contributed by atoms with Gasteiger partial charge in [0.15, 0.2) is 0 Å². The molecule has 0 spiro atoms. The van der Waals surface area contributed by atoms with Crippen LogP contribution < -0.4 is 4.90 Å². The molecule has 0 saturated heterocycles. The smallest absolute Gasteiger partial charge is 0.419 e. The van der Waals surface area contributed by atoms with Crippen LogP contribution in [0.1, 0.15) is 30.6 Å². The zero-order valence-electron chi connectivity index (χ0n) is 16.9. The van der Waals surface area contributed by atoms with Crippen LogP contribution in [0.3, 0.4) is 0 Å². The number of ether oxygens (including phenoxy) is 2. The van der Waals surface area contributed by atoms with Gasteiger partial charge in [-0.15, -0.1) is 11.3 Å². The number of hydrogen-bond acceptors (Lipinski definition) is 5. The van der Waals surface area contributed by atoms with E-state index in [-0.39, 0.29) is 30.9 Å². The van der Waals surface area contributed by atoms with Crippen molar-refractivity contribution in [3.05, 3.63) is 47.1 Å². The molecule has 1 aliphatic carbocycles. The Morgan fingerprint density at radius 1 is 1.13 bits per heavy atom. The van der Waals surface area contributed by atoms with Crippen LogP contribution in [0.25, 0.3) is 0 Å². The van der Waals surface area contributed by atoms with Gasteiger partial charge >= 0.3 is 12.1 Å². The molecule has 8 heteroatoms. The Balaban J connectivity index is 1.60. The maximum atomic E-state index is 13.3. The number of aryl methyl sites for hydroxylation is 1. The molecule has 2 atom stereocenters. The van der Waals surface area contributed by atoms with Gasteiger partial charge in [0, 0.05) is 4.88 Å². The van der Waals surface area contributed by atoms with Gasteiger partial charge in [-0.05, 0) is 74.4 Å². The highest BCUT2D eigenvalue weighted by Crippen LogP contribution is 2.34. The molecule has 1 amide bonds. The van der Waals surface area contributed by atoms with E-state index in [9.17, 15) is 14.0 Å². The Morgan fingerprint density at radius 2 is 1.83 bits per heavy atom. The third-order valence-corrected chi connectivity index (χ3v) is 6.11. The Bertz CT molecular complexity index is 853. The molecule has 1 aliphatic rings. The van der Waals surface area contributed by atoms with E-state index in [4.69, 9.17) is 14.6 Å². The van der Waals surface area contributed by atoms with Gasteiger partial charge in [0.2, 0.25) is 0 Å². The van der Waals surface area contributed by atoms with Gasteiger partial charge in [-0.1, -0.05) is 6.42 Å². The van der Waals surface area contributed by atoms with E-state index in [1.165, 1.54) is 28.4 Å². The number of thiophene rings is 1. The molecule has 6 nitrogen and oxygen atoms in total. The molecule has 1 heterocycles. The molecule has 30 heavy (non-hydrogen) atoms. The molecular formula is C22H26FNO5S. The summed E-state index contributed by atoms with van der Waals surface area (Å²) in [4.78, 5) is 26.1. The molecule has 1 saturated carbocycles. The summed E-state index contributed by atoms with van der Waals surface area (Å²) in [7, 11) is 0. The quantitative estimate of drug-likeness (QED) is 0.603. The monoisotopic (exact) mass is 435 g/mol. The summed E-state index contributed by atoms with van der Waals surface area (Å²) in [6, 6.07) is 9.52. The third kappa shape index (κ3) is 6.27. The number of hydrogen-bond donors (Lipinski definition) is 1. The van der Waals surface area contributed by atoms with Crippen LogP contribution in [-0.4, -0.2) is 37.0 Å². The van der Waals surface area contributed by atoms with Crippen molar-refractivity contribution in [1.82, 2.24) is 0 Å². The SMILES string of the molecule is Cc1ccc(N(C(=O)OCC2CCCC(COCC(=O)O)C2)c2ccc(F)cc2)s1. The minimum atomic E-state index is -0.971. The zero-order chi connectivity index (χ0) is 21.5. The number of aliphatic carboxylic acids is 1. The molecule has 1 aromatic carbocycles. The van der Waals surface area contributed by atoms with Gasteiger partial charge in [0.05, 0.1) is 18.9 Å². The highest BCUT2D eigenvalue weighted by atomic mass is 32.1. The number of nitrogens with zero attached hydrogens (tertiary/aromatic N) is 1. The second-order valence-corrected chi connectivity index (χ2v) is 8.85. The van der Waals surface area contributed by atoms with E-state index in [1.807, 2.05) is 19.1 Å². The molecule has 3 rings (SSSR count). The van der Waals surface area contributed by atoms with Gasteiger partial charge < -0.3 is 14.6 Å². The lowest BCUT2D eigenvalue weighted by Gasteiger charge is -2.29. The fraction of sp³-hybridized carbons (Fsp3) is 0.455. The second-order valence-electron chi connectivity index (χ2n) is 7.58. The molecule has 1 N–H and O–H groups in total. The predicted molar refractivity (Wildman–Crippen MR) is 113 cm³/mol. The van der Waals surface area contributed by atoms with E-state index in [0.29, 0.717) is 17.3 Å². The highest BCUT2D eigenvalue weighted by molar-refractivity contribution is 7.16. The van der Waals surface area contributed by atoms with E-state index in [0.717, 1.165) is 30.6 Å². The molecule has 2 aromatic rings. The Kier molecular flexibility index (Phi) is 7.81. The van der Waals surface area contributed by atoms with Gasteiger partial charge in [-0.2, -0.15) is 0 Å². The van der Waals surface area contributed by atoms with E-state index >= 15 is 0 Å². The van der Waals surface area contributed by atoms with Crippen molar-refractivity contribution < 1.29 is 28.6 Å². The van der Waals surface area contributed by atoms with Crippen LogP contribution in [0, 0.1) is 24.6 Å². The summed E-state index contributed by atoms with van der Waals surface area (Å²) in [6.07, 6.45) is 3.28. The Hall–Kier alpha value is -2.45. The van der Waals surface area contributed by atoms with Crippen LogP contribution in [-0.2, 0) is 14.3 Å². The summed E-state index contributed by atoms with van der Waals surface area (Å²) in [5, 5.41) is 9.41. The van der Waals surface area contributed by atoms with E-state index in [1.54, 1.807) is 12.1 Å². The molecular weight excluding hydrogens is 409 g/mol. The fourth-order valence-electron chi connectivity index (χ4n) is 3.73. The summed E-state index contributed by atoms with van der Waals surface area (Å²) < 4.78 is 24.2. The number of rotatable bonds is 8. The first-order valence-corrected chi connectivity index (χ1v) is 10.8. The maximum absolute atomic E-state index is 13.3. The second kappa shape index (κ2) is 10.5. The number of carboxylic acid groups (broad SMARTS) is 1. The number of anilines is 2. The first kappa shape index (κ1) is 22.2. The highest BCUT2D eigenvalue weighted by Gasteiger charge is 2.26. The average Bonchev–Trinajstić information content (AvgIpc) is 3.14. The number of halogens is 1. The fourth-order valence-corrected chi connectivity index (χ4v) is 4.60. The maximum Gasteiger partial charge on any atom is 0.419 e. The van der Waals surface area contributed by atoms with Crippen molar-refractivity contribution in [1.29, 1.82) is 0 Å². The lowest BCUT2D eigenvalue weighted by Crippen LogP contribution is -2.30. The molecule has 1 aromatic heterocycles. The standard InChI is InChI=1S/C22H26FNO5S/c1-15-5-10-20(30-15)24(19-8-6-18(23)7-9-19)22(27)29-13-17-4-2-3-16(11-17)12-28-14-21(25)26/h5-10,16-17H,2-4,11-14H2,1H3,(H,25,26). The summed E-state index contributed by atoms with van der Waals surface area (Å²) in [5.41, 5.74) is 0.548. The summed E-state index contributed by atoms with van der Waals surface area (Å²) in [6.45, 7) is 2.36. The van der Waals surface area contributed by atoms with Crippen LogP contribution in [0.2, 0.25) is 0 Å². The largest absolute Gasteiger partial charge is 0.480 e. The van der Waals surface area contributed by atoms with Gasteiger partial charge in [-0.25, -0.2) is 18.9 Å². The minimum absolute atomic E-state index is 0.210. The molecule has 1 fully saturated rings.